The van der Waals surface area contributed by atoms with Crippen molar-refractivity contribution in [2.24, 2.45) is 29.1 Å². The van der Waals surface area contributed by atoms with E-state index in [0.717, 1.165) is 11.8 Å². The third-order valence-electron chi connectivity index (χ3n) is 7.05. The van der Waals surface area contributed by atoms with Crippen LogP contribution in [0.15, 0.2) is 12.3 Å². The third kappa shape index (κ3) is 3.98. The molecule has 1 aromatic heterocycles. The molecule has 164 valence electrons. The lowest BCUT2D eigenvalue weighted by Gasteiger charge is -2.54. The molecule has 1 heterocycles. The smallest absolute Gasteiger partial charge is 0.312 e. The van der Waals surface area contributed by atoms with E-state index in [-0.39, 0.29) is 18.1 Å². The van der Waals surface area contributed by atoms with Gasteiger partial charge in [-0.1, -0.05) is 0 Å². The van der Waals surface area contributed by atoms with Gasteiger partial charge in [-0.05, 0) is 89.5 Å². The van der Waals surface area contributed by atoms with Gasteiger partial charge < -0.3 is 15.2 Å². The summed E-state index contributed by atoms with van der Waals surface area (Å²) in [4.78, 5) is 24.6. The van der Waals surface area contributed by atoms with Gasteiger partial charge in [0.1, 0.15) is 5.56 Å². The summed E-state index contributed by atoms with van der Waals surface area (Å²) in [6, 6.07) is 0.238. The molecule has 4 aliphatic rings. The maximum Gasteiger partial charge on any atom is 0.312 e. The molecule has 4 aliphatic carbocycles. The molecule has 0 unspecified atom stereocenters. The summed E-state index contributed by atoms with van der Waals surface area (Å²) >= 11 is 0. The van der Waals surface area contributed by atoms with Crippen LogP contribution < -0.4 is 10.1 Å². The van der Waals surface area contributed by atoms with Gasteiger partial charge in [0.25, 0.3) is 5.91 Å². The number of amides is 1. The highest BCUT2D eigenvalue weighted by Gasteiger charge is 2.48. The van der Waals surface area contributed by atoms with Crippen LogP contribution in [0.3, 0.4) is 0 Å². The van der Waals surface area contributed by atoms with E-state index < -0.39 is 11.4 Å². The number of aliphatic carboxylic acids is 1. The molecule has 0 radical (unpaired) electrons. The van der Waals surface area contributed by atoms with E-state index in [1.807, 2.05) is 13.8 Å². The molecule has 4 bridgehead atoms. The average Bonchev–Trinajstić information content (AvgIpc) is 3.04. The van der Waals surface area contributed by atoms with E-state index in [4.69, 9.17) is 4.74 Å². The second-order valence-corrected chi connectivity index (χ2v) is 10.2. The first kappa shape index (κ1) is 20.9. The number of carbonyl (C=O) groups is 2. The Morgan fingerprint density at radius 1 is 1.20 bits per heavy atom. The van der Waals surface area contributed by atoms with Crippen LogP contribution in [0.25, 0.3) is 6.20 Å². The summed E-state index contributed by atoms with van der Waals surface area (Å²) in [5, 5.41) is 16.9. The molecule has 2 N–H and O–H groups in total. The normalized spacial score (nSPS) is 30.2. The van der Waals surface area contributed by atoms with E-state index in [1.54, 1.807) is 26.1 Å². The summed E-state index contributed by atoms with van der Waals surface area (Å²) in [6.45, 7) is 7.00. The highest BCUT2D eigenvalue weighted by Crippen LogP contribution is 2.53. The molecule has 30 heavy (non-hydrogen) atoms. The van der Waals surface area contributed by atoms with Crippen molar-refractivity contribution in [1.82, 2.24) is 15.1 Å². The molecule has 5 rings (SSSR count). The molecule has 1 aromatic rings. The SMILES string of the molecule is CC(C)Oc1c(C(=O)NC2C3CC4CC(C3)CC2C4)cnn1/C=C/C(C)(C)C(=O)O. The number of hydrogen-bond acceptors (Lipinski definition) is 4. The molecular weight excluding hydrogens is 382 g/mol. The molecule has 7 heteroatoms. The molecule has 4 fully saturated rings. The Bertz CT molecular complexity index is 827. The molecular formula is C23H33N3O4. The Kier molecular flexibility index (Phi) is 5.41. The van der Waals surface area contributed by atoms with Gasteiger partial charge in [0.05, 0.1) is 17.7 Å². The van der Waals surface area contributed by atoms with Crippen molar-refractivity contribution >= 4 is 18.1 Å². The van der Waals surface area contributed by atoms with Crippen LogP contribution in [0.2, 0.25) is 0 Å². The molecule has 1 amide bonds. The number of rotatable bonds is 7. The lowest BCUT2D eigenvalue weighted by atomic mass is 9.54. The van der Waals surface area contributed by atoms with Gasteiger partial charge in [0.15, 0.2) is 0 Å². The lowest BCUT2D eigenvalue weighted by Crippen LogP contribution is -2.55. The van der Waals surface area contributed by atoms with E-state index >= 15 is 0 Å². The lowest BCUT2D eigenvalue weighted by molar-refractivity contribution is -0.144. The minimum atomic E-state index is -1.05. The van der Waals surface area contributed by atoms with E-state index in [9.17, 15) is 14.7 Å². The minimum Gasteiger partial charge on any atom is -0.481 e. The van der Waals surface area contributed by atoms with Gasteiger partial charge in [-0.25, -0.2) is 4.68 Å². The third-order valence-corrected chi connectivity index (χ3v) is 7.05. The fraction of sp³-hybridized carbons (Fsp3) is 0.696. The van der Waals surface area contributed by atoms with Crippen molar-refractivity contribution in [3.8, 4) is 5.88 Å². The molecule has 7 nitrogen and oxygen atoms in total. The van der Waals surface area contributed by atoms with Crippen LogP contribution in [0.5, 0.6) is 5.88 Å². The summed E-state index contributed by atoms with van der Waals surface area (Å²) in [5.74, 6) is 2.15. The number of nitrogens with zero attached hydrogens (tertiary/aromatic N) is 2. The Labute approximate surface area is 177 Å². The Morgan fingerprint density at radius 3 is 2.33 bits per heavy atom. The van der Waals surface area contributed by atoms with E-state index in [1.165, 1.54) is 43.0 Å². The van der Waals surface area contributed by atoms with Crippen molar-refractivity contribution < 1.29 is 19.4 Å². The molecule has 0 aromatic carbocycles. The van der Waals surface area contributed by atoms with Gasteiger partial charge in [-0.2, -0.15) is 5.10 Å². The van der Waals surface area contributed by atoms with Crippen LogP contribution in [0.1, 0.15) is 70.2 Å². The second-order valence-electron chi connectivity index (χ2n) is 10.2. The first-order valence-corrected chi connectivity index (χ1v) is 11.1. The first-order valence-electron chi connectivity index (χ1n) is 11.1. The number of ether oxygens (including phenoxy) is 1. The minimum absolute atomic E-state index is 0.144. The number of carboxylic acid groups (broad SMARTS) is 1. The zero-order valence-corrected chi connectivity index (χ0v) is 18.3. The van der Waals surface area contributed by atoms with Crippen LogP contribution in [-0.2, 0) is 4.79 Å². The fourth-order valence-electron chi connectivity index (χ4n) is 5.67. The largest absolute Gasteiger partial charge is 0.481 e. The zero-order valence-electron chi connectivity index (χ0n) is 18.3. The standard InChI is InChI=1S/C23H33N3O4/c1-13(2)30-21-18(12-24-26(21)6-5-23(3,4)22(28)29)20(27)25-19-16-8-14-7-15(10-16)11-17(19)9-14/h5-6,12-17,19H,7-11H2,1-4H3,(H,25,27)(H,28,29)/b6-5+. The van der Waals surface area contributed by atoms with Gasteiger partial charge in [-0.3, -0.25) is 9.59 Å². The summed E-state index contributed by atoms with van der Waals surface area (Å²) in [5.41, 5.74) is -0.653. The van der Waals surface area contributed by atoms with Crippen molar-refractivity contribution in [3.63, 3.8) is 0 Å². The summed E-state index contributed by atoms with van der Waals surface area (Å²) < 4.78 is 7.37. The monoisotopic (exact) mass is 415 g/mol. The number of carbonyl (C=O) groups excluding carboxylic acids is 1. The molecule has 0 spiro atoms. The quantitative estimate of drug-likeness (QED) is 0.706. The van der Waals surface area contributed by atoms with Crippen LogP contribution in [0, 0.1) is 29.1 Å². The maximum absolute atomic E-state index is 13.2. The number of carboxylic acids is 1. The van der Waals surface area contributed by atoms with Gasteiger partial charge in [0.2, 0.25) is 5.88 Å². The summed E-state index contributed by atoms with van der Waals surface area (Å²) in [6.07, 6.45) is 10.8. The van der Waals surface area contributed by atoms with E-state index in [2.05, 4.69) is 10.4 Å². The Balaban J connectivity index is 1.54. The van der Waals surface area contributed by atoms with Crippen molar-refractivity contribution in [2.75, 3.05) is 0 Å². The first-order chi connectivity index (χ1) is 14.1. The second kappa shape index (κ2) is 7.75. The van der Waals surface area contributed by atoms with Gasteiger partial charge >= 0.3 is 5.97 Å². The highest BCUT2D eigenvalue weighted by molar-refractivity contribution is 5.96. The molecule has 0 saturated heterocycles. The van der Waals surface area contributed by atoms with Crippen molar-refractivity contribution in [2.45, 2.75) is 71.9 Å². The van der Waals surface area contributed by atoms with Gasteiger partial charge in [-0.15, -0.1) is 0 Å². The Hall–Kier alpha value is -2.31. The van der Waals surface area contributed by atoms with E-state index in [0.29, 0.717) is 23.3 Å². The molecule has 0 atom stereocenters. The van der Waals surface area contributed by atoms with Crippen molar-refractivity contribution in [3.05, 3.63) is 17.8 Å². The number of nitrogens with one attached hydrogen (secondary N) is 1. The van der Waals surface area contributed by atoms with Gasteiger partial charge in [0, 0.05) is 12.2 Å². The van der Waals surface area contributed by atoms with Crippen LogP contribution in [0.4, 0.5) is 0 Å². The highest BCUT2D eigenvalue weighted by atomic mass is 16.5. The van der Waals surface area contributed by atoms with Crippen LogP contribution in [-0.4, -0.2) is 38.9 Å². The van der Waals surface area contributed by atoms with Crippen molar-refractivity contribution in [1.29, 1.82) is 0 Å². The average molecular weight is 416 g/mol. The molecule has 4 saturated carbocycles. The Morgan fingerprint density at radius 2 is 1.80 bits per heavy atom. The predicted molar refractivity (Wildman–Crippen MR) is 113 cm³/mol. The zero-order chi connectivity index (χ0) is 21.6. The van der Waals surface area contributed by atoms with Crippen LogP contribution >= 0.6 is 0 Å². The molecule has 0 aliphatic heterocycles. The maximum atomic E-state index is 13.2. The number of hydrogen-bond donors (Lipinski definition) is 2. The fourth-order valence-corrected chi connectivity index (χ4v) is 5.67. The summed E-state index contributed by atoms with van der Waals surface area (Å²) in [7, 11) is 0. The predicted octanol–water partition coefficient (Wildman–Crippen LogP) is 3.81. The topological polar surface area (TPSA) is 93.5 Å². The number of aromatic nitrogens is 2.